The monoisotopic (exact) mass is 423 g/mol. The first-order valence-electron chi connectivity index (χ1n) is 10.6. The Bertz CT molecular complexity index is 976. The van der Waals surface area contributed by atoms with Crippen molar-refractivity contribution in [1.82, 2.24) is 15.0 Å². The minimum absolute atomic E-state index is 0.0827. The summed E-state index contributed by atoms with van der Waals surface area (Å²) >= 11 is 5.95. The number of halogens is 1. The largest absolute Gasteiger partial charge is 0.339 e. The molecule has 1 aromatic heterocycles. The fourth-order valence-electron chi connectivity index (χ4n) is 3.99. The van der Waals surface area contributed by atoms with Gasteiger partial charge < -0.3 is 9.42 Å². The fourth-order valence-corrected chi connectivity index (χ4v) is 4.12. The molecule has 0 saturated heterocycles. The number of aryl methyl sites for hydroxylation is 1. The Balaban J connectivity index is 1.48. The van der Waals surface area contributed by atoms with Crippen LogP contribution in [0.3, 0.4) is 0 Å². The van der Waals surface area contributed by atoms with Crippen molar-refractivity contribution in [3.05, 3.63) is 70.6 Å². The molecule has 0 unspecified atom stereocenters. The molecule has 4 rings (SSSR count). The van der Waals surface area contributed by atoms with Crippen LogP contribution in [0.25, 0.3) is 11.4 Å². The van der Waals surface area contributed by atoms with Crippen LogP contribution < -0.4 is 0 Å². The van der Waals surface area contributed by atoms with E-state index in [1.807, 2.05) is 48.2 Å². The highest BCUT2D eigenvalue weighted by Gasteiger charge is 2.26. The second kappa shape index (κ2) is 9.43. The minimum Gasteiger partial charge on any atom is -0.339 e. The number of carbonyl (C=O) groups is 1. The van der Waals surface area contributed by atoms with Crippen LogP contribution in [0.5, 0.6) is 0 Å². The van der Waals surface area contributed by atoms with E-state index in [9.17, 15) is 4.79 Å². The Morgan fingerprint density at radius 1 is 1.07 bits per heavy atom. The van der Waals surface area contributed by atoms with Crippen LogP contribution in [0.4, 0.5) is 0 Å². The van der Waals surface area contributed by atoms with Crippen LogP contribution in [0.2, 0.25) is 5.02 Å². The lowest BCUT2D eigenvalue weighted by Crippen LogP contribution is -2.42. The van der Waals surface area contributed by atoms with E-state index < -0.39 is 0 Å². The third-order valence-electron chi connectivity index (χ3n) is 5.71. The predicted octanol–water partition coefficient (Wildman–Crippen LogP) is 5.72. The zero-order chi connectivity index (χ0) is 20.9. The fraction of sp³-hybridized carbons (Fsp3) is 0.375. The highest BCUT2D eigenvalue weighted by molar-refractivity contribution is 6.30. The average molecular weight is 424 g/mol. The van der Waals surface area contributed by atoms with Crippen LogP contribution in [-0.2, 0) is 6.42 Å². The van der Waals surface area contributed by atoms with Crippen molar-refractivity contribution in [3.8, 4) is 11.4 Å². The maximum Gasteiger partial charge on any atom is 0.254 e. The van der Waals surface area contributed by atoms with E-state index in [1.54, 1.807) is 12.1 Å². The van der Waals surface area contributed by atoms with Gasteiger partial charge in [-0.15, -0.1) is 0 Å². The third-order valence-corrected chi connectivity index (χ3v) is 5.96. The Kier molecular flexibility index (Phi) is 6.48. The SMILES string of the molecule is Cc1ccc(C(=O)N(CCc2nc(-c3ccc(Cl)cc3)no2)C2CCCCC2)cc1. The summed E-state index contributed by atoms with van der Waals surface area (Å²) in [4.78, 5) is 19.8. The van der Waals surface area contributed by atoms with E-state index >= 15 is 0 Å². The summed E-state index contributed by atoms with van der Waals surface area (Å²) in [5.74, 6) is 1.16. The first-order valence-corrected chi connectivity index (χ1v) is 10.9. The molecular weight excluding hydrogens is 398 g/mol. The highest BCUT2D eigenvalue weighted by Crippen LogP contribution is 2.25. The summed E-state index contributed by atoms with van der Waals surface area (Å²) in [7, 11) is 0. The number of aromatic nitrogens is 2. The quantitative estimate of drug-likeness (QED) is 0.509. The van der Waals surface area contributed by atoms with Crippen molar-refractivity contribution < 1.29 is 9.32 Å². The standard InChI is InChI=1S/C24H26ClN3O2/c1-17-7-9-19(10-8-17)24(29)28(21-5-3-2-4-6-21)16-15-22-26-23(27-30-22)18-11-13-20(25)14-12-18/h7-14,21H,2-6,15-16H2,1H3. The summed E-state index contributed by atoms with van der Waals surface area (Å²) in [6, 6.07) is 15.4. The molecule has 5 nitrogen and oxygen atoms in total. The van der Waals surface area contributed by atoms with E-state index in [1.165, 1.54) is 19.3 Å². The molecule has 0 N–H and O–H groups in total. The Morgan fingerprint density at radius 2 is 1.77 bits per heavy atom. The first-order chi connectivity index (χ1) is 14.6. The molecule has 0 spiro atoms. The number of rotatable bonds is 6. The van der Waals surface area contributed by atoms with Crippen molar-refractivity contribution in [3.63, 3.8) is 0 Å². The maximum atomic E-state index is 13.3. The smallest absolute Gasteiger partial charge is 0.254 e. The summed E-state index contributed by atoms with van der Waals surface area (Å²) < 4.78 is 5.46. The van der Waals surface area contributed by atoms with E-state index in [0.717, 1.165) is 29.5 Å². The molecule has 30 heavy (non-hydrogen) atoms. The highest BCUT2D eigenvalue weighted by atomic mass is 35.5. The second-order valence-corrected chi connectivity index (χ2v) is 8.36. The minimum atomic E-state index is 0.0827. The molecule has 1 fully saturated rings. The molecule has 1 aliphatic carbocycles. The van der Waals surface area contributed by atoms with Gasteiger partial charge in [0.05, 0.1) is 0 Å². The molecule has 0 bridgehead atoms. The van der Waals surface area contributed by atoms with Crippen molar-refractivity contribution in [1.29, 1.82) is 0 Å². The molecule has 0 aliphatic heterocycles. The zero-order valence-corrected chi connectivity index (χ0v) is 17.9. The molecule has 3 aromatic rings. The Hall–Kier alpha value is -2.66. The lowest BCUT2D eigenvalue weighted by molar-refractivity contribution is 0.0632. The number of hydrogen-bond donors (Lipinski definition) is 0. The van der Waals surface area contributed by atoms with E-state index in [-0.39, 0.29) is 11.9 Å². The van der Waals surface area contributed by atoms with Gasteiger partial charge in [-0.05, 0) is 56.2 Å². The molecule has 0 radical (unpaired) electrons. The number of carbonyl (C=O) groups excluding carboxylic acids is 1. The van der Waals surface area contributed by atoms with Gasteiger partial charge in [0.15, 0.2) is 0 Å². The average Bonchev–Trinajstić information content (AvgIpc) is 3.24. The first kappa shape index (κ1) is 20.6. The number of hydrogen-bond acceptors (Lipinski definition) is 4. The second-order valence-electron chi connectivity index (χ2n) is 7.93. The zero-order valence-electron chi connectivity index (χ0n) is 17.2. The normalized spacial score (nSPS) is 14.6. The van der Waals surface area contributed by atoms with Crippen molar-refractivity contribution in [2.75, 3.05) is 6.54 Å². The van der Waals surface area contributed by atoms with Crippen LogP contribution in [0, 0.1) is 6.92 Å². The van der Waals surface area contributed by atoms with E-state index in [0.29, 0.717) is 29.7 Å². The van der Waals surface area contributed by atoms with Crippen LogP contribution in [-0.4, -0.2) is 33.5 Å². The van der Waals surface area contributed by atoms with Gasteiger partial charge >= 0.3 is 0 Å². The molecule has 0 atom stereocenters. The van der Waals surface area contributed by atoms with Gasteiger partial charge in [-0.25, -0.2) is 0 Å². The predicted molar refractivity (Wildman–Crippen MR) is 118 cm³/mol. The van der Waals surface area contributed by atoms with Gasteiger partial charge in [-0.1, -0.05) is 53.7 Å². The molecular formula is C24H26ClN3O2. The van der Waals surface area contributed by atoms with Gasteiger partial charge in [0.1, 0.15) is 0 Å². The van der Waals surface area contributed by atoms with Crippen molar-refractivity contribution in [2.24, 2.45) is 0 Å². The molecule has 6 heteroatoms. The van der Waals surface area contributed by atoms with Crippen LogP contribution >= 0.6 is 11.6 Å². The molecule has 2 aromatic carbocycles. The third kappa shape index (κ3) is 4.90. The lowest BCUT2D eigenvalue weighted by Gasteiger charge is -2.34. The Labute approximate surface area is 182 Å². The van der Waals surface area contributed by atoms with Crippen molar-refractivity contribution >= 4 is 17.5 Å². The molecule has 1 heterocycles. The van der Waals surface area contributed by atoms with Gasteiger partial charge in [0, 0.05) is 35.2 Å². The summed E-state index contributed by atoms with van der Waals surface area (Å²) in [5.41, 5.74) is 2.74. The van der Waals surface area contributed by atoms with Crippen molar-refractivity contribution in [2.45, 2.75) is 51.5 Å². The van der Waals surface area contributed by atoms with Crippen LogP contribution in [0.1, 0.15) is 53.9 Å². The van der Waals surface area contributed by atoms with Gasteiger partial charge in [0.25, 0.3) is 5.91 Å². The van der Waals surface area contributed by atoms with E-state index in [4.69, 9.17) is 16.1 Å². The van der Waals surface area contributed by atoms with Gasteiger partial charge in [0.2, 0.25) is 11.7 Å². The Morgan fingerprint density at radius 3 is 2.47 bits per heavy atom. The maximum absolute atomic E-state index is 13.3. The molecule has 1 saturated carbocycles. The topological polar surface area (TPSA) is 59.2 Å². The molecule has 1 aliphatic rings. The lowest BCUT2D eigenvalue weighted by atomic mass is 9.93. The summed E-state index contributed by atoms with van der Waals surface area (Å²) in [6.45, 7) is 2.60. The summed E-state index contributed by atoms with van der Waals surface area (Å²) in [6.07, 6.45) is 6.23. The molecule has 156 valence electrons. The number of benzene rings is 2. The van der Waals surface area contributed by atoms with Gasteiger partial charge in [-0.3, -0.25) is 4.79 Å². The van der Waals surface area contributed by atoms with Gasteiger partial charge in [-0.2, -0.15) is 4.98 Å². The number of nitrogens with zero attached hydrogens (tertiary/aromatic N) is 3. The van der Waals surface area contributed by atoms with E-state index in [2.05, 4.69) is 10.1 Å². The summed E-state index contributed by atoms with van der Waals surface area (Å²) in [5, 5.41) is 4.75. The van der Waals surface area contributed by atoms with Crippen LogP contribution in [0.15, 0.2) is 53.1 Å². The number of amides is 1. The molecule has 1 amide bonds.